The fraction of sp³-hybridized carbons (Fsp3) is 0.333. The van der Waals surface area contributed by atoms with Crippen molar-refractivity contribution in [1.82, 2.24) is 0 Å². The molecule has 0 aromatic heterocycles. The van der Waals surface area contributed by atoms with E-state index in [1.54, 1.807) is 36.4 Å². The monoisotopic (exact) mass is 624 g/mol. The predicted octanol–water partition coefficient (Wildman–Crippen LogP) is 9.27. The Bertz CT molecular complexity index is 1580. The molecule has 4 aromatic rings. The molecule has 7 heteroatoms. The SMILES string of the molecule is CCC(C)(C)C(=O)Oc1ccc(O)cc1.CCC(C)(C)C(=O)Oc1ccc(OC(C)OC2c3ccccc3-c3ccccc32)cc1. The molecule has 0 fully saturated rings. The second-order valence-electron chi connectivity index (χ2n) is 12.6. The van der Waals surface area contributed by atoms with Crippen molar-refractivity contribution in [3.63, 3.8) is 0 Å². The molecule has 0 heterocycles. The van der Waals surface area contributed by atoms with Crippen molar-refractivity contribution >= 4 is 11.9 Å². The first-order valence-corrected chi connectivity index (χ1v) is 15.7. The van der Waals surface area contributed by atoms with Crippen LogP contribution in [0.15, 0.2) is 97.1 Å². The van der Waals surface area contributed by atoms with Crippen LogP contribution in [-0.4, -0.2) is 23.3 Å². The lowest BCUT2D eigenvalue weighted by Gasteiger charge is -2.22. The summed E-state index contributed by atoms with van der Waals surface area (Å²) in [5.74, 6) is 1.28. The number of carbonyl (C=O) groups excluding carboxylic acids is 2. The standard InChI is InChI=1S/C27H28O4.C12H16O3/c1-5-27(3,4)26(28)31-20-16-14-19(15-17-20)29-18(2)30-25-23-12-8-6-10-21(23)22-11-7-9-13-24(22)25;1-4-12(2,3)11(14)15-10-7-5-9(13)6-8-10/h6-18,25H,5H2,1-4H3;5-8,13H,4H2,1-3H3. The number of esters is 2. The van der Waals surface area contributed by atoms with E-state index < -0.39 is 17.1 Å². The molecule has 7 nitrogen and oxygen atoms in total. The average Bonchev–Trinajstić information content (AvgIpc) is 3.36. The highest BCUT2D eigenvalue weighted by atomic mass is 16.7. The average molecular weight is 625 g/mol. The molecule has 0 spiro atoms. The molecular formula is C39H44O7. The molecule has 242 valence electrons. The van der Waals surface area contributed by atoms with Gasteiger partial charge in [0.2, 0.25) is 0 Å². The van der Waals surface area contributed by atoms with Crippen LogP contribution in [0.4, 0.5) is 0 Å². The van der Waals surface area contributed by atoms with Gasteiger partial charge in [0.1, 0.15) is 29.1 Å². The van der Waals surface area contributed by atoms with Crippen LogP contribution >= 0.6 is 0 Å². The lowest BCUT2D eigenvalue weighted by atomic mass is 9.91. The van der Waals surface area contributed by atoms with Gasteiger partial charge in [-0.2, -0.15) is 0 Å². The van der Waals surface area contributed by atoms with Gasteiger partial charge in [-0.25, -0.2) is 0 Å². The predicted molar refractivity (Wildman–Crippen MR) is 179 cm³/mol. The van der Waals surface area contributed by atoms with Crippen molar-refractivity contribution < 1.29 is 33.6 Å². The van der Waals surface area contributed by atoms with Gasteiger partial charge < -0.3 is 24.1 Å². The molecule has 4 aromatic carbocycles. The molecule has 1 aliphatic rings. The fourth-order valence-electron chi connectivity index (χ4n) is 4.55. The maximum Gasteiger partial charge on any atom is 0.316 e. The summed E-state index contributed by atoms with van der Waals surface area (Å²) in [4.78, 5) is 23.9. The van der Waals surface area contributed by atoms with Crippen molar-refractivity contribution in [2.75, 3.05) is 0 Å². The topological polar surface area (TPSA) is 91.3 Å². The molecule has 46 heavy (non-hydrogen) atoms. The summed E-state index contributed by atoms with van der Waals surface area (Å²) in [6, 6.07) is 29.8. The van der Waals surface area contributed by atoms with Crippen molar-refractivity contribution in [1.29, 1.82) is 0 Å². The Morgan fingerprint density at radius 3 is 1.48 bits per heavy atom. The first-order chi connectivity index (χ1) is 21.8. The Kier molecular flexibility index (Phi) is 10.9. The van der Waals surface area contributed by atoms with Crippen molar-refractivity contribution in [3.05, 3.63) is 108 Å². The van der Waals surface area contributed by atoms with Gasteiger partial charge in [-0.3, -0.25) is 9.59 Å². The number of hydrogen-bond donors (Lipinski definition) is 1. The minimum atomic E-state index is -0.509. The molecular weight excluding hydrogens is 580 g/mol. The van der Waals surface area contributed by atoms with E-state index in [2.05, 4.69) is 24.3 Å². The highest BCUT2D eigenvalue weighted by Gasteiger charge is 2.31. The molecule has 0 aliphatic heterocycles. The molecule has 5 rings (SSSR count). The number of ether oxygens (including phenoxy) is 4. The summed E-state index contributed by atoms with van der Waals surface area (Å²) < 4.78 is 23.0. The summed E-state index contributed by atoms with van der Waals surface area (Å²) in [5, 5.41) is 9.06. The number of fused-ring (bicyclic) bond motifs is 3. The van der Waals surface area contributed by atoms with Crippen LogP contribution in [0.5, 0.6) is 23.0 Å². The van der Waals surface area contributed by atoms with E-state index in [0.717, 1.165) is 24.0 Å². The largest absolute Gasteiger partial charge is 0.508 e. The van der Waals surface area contributed by atoms with Crippen molar-refractivity contribution in [3.8, 4) is 34.1 Å². The molecule has 1 atom stereocenters. The Hall–Kier alpha value is -4.62. The molecule has 1 N–H and O–H groups in total. The number of hydrogen-bond acceptors (Lipinski definition) is 7. The zero-order valence-corrected chi connectivity index (χ0v) is 27.7. The molecule has 0 saturated carbocycles. The molecule has 0 bridgehead atoms. The van der Waals surface area contributed by atoms with Crippen LogP contribution in [0.3, 0.4) is 0 Å². The Balaban J connectivity index is 0.000000270. The second kappa shape index (κ2) is 14.6. The van der Waals surface area contributed by atoms with E-state index in [9.17, 15) is 9.59 Å². The van der Waals surface area contributed by atoms with E-state index in [-0.39, 0.29) is 23.8 Å². The van der Waals surface area contributed by atoms with Gasteiger partial charge in [0.05, 0.1) is 10.8 Å². The van der Waals surface area contributed by atoms with Gasteiger partial charge in [0, 0.05) is 0 Å². The minimum Gasteiger partial charge on any atom is -0.508 e. The van der Waals surface area contributed by atoms with Gasteiger partial charge in [0.25, 0.3) is 0 Å². The smallest absolute Gasteiger partial charge is 0.316 e. The van der Waals surface area contributed by atoms with E-state index in [1.165, 1.54) is 23.3 Å². The summed E-state index contributed by atoms with van der Waals surface area (Å²) in [6.07, 6.45) is 0.815. The van der Waals surface area contributed by atoms with Crippen LogP contribution in [0, 0.1) is 10.8 Å². The van der Waals surface area contributed by atoms with Crippen LogP contribution in [0.25, 0.3) is 11.1 Å². The second-order valence-corrected chi connectivity index (χ2v) is 12.6. The number of rotatable bonds is 10. The Morgan fingerprint density at radius 2 is 1.04 bits per heavy atom. The quantitative estimate of drug-likeness (QED) is 0.107. The number of benzene rings is 4. The lowest BCUT2D eigenvalue weighted by Crippen LogP contribution is -2.28. The maximum atomic E-state index is 12.2. The van der Waals surface area contributed by atoms with Gasteiger partial charge in [-0.15, -0.1) is 0 Å². The van der Waals surface area contributed by atoms with Crippen LogP contribution < -0.4 is 14.2 Å². The number of phenols is 1. The molecule has 0 amide bonds. The first-order valence-electron chi connectivity index (χ1n) is 15.7. The van der Waals surface area contributed by atoms with Gasteiger partial charge in [-0.1, -0.05) is 62.4 Å². The van der Waals surface area contributed by atoms with E-state index in [0.29, 0.717) is 17.2 Å². The highest BCUT2D eigenvalue weighted by molar-refractivity contribution is 5.79. The summed E-state index contributed by atoms with van der Waals surface area (Å²) in [6.45, 7) is 13.3. The fourth-order valence-corrected chi connectivity index (χ4v) is 4.55. The summed E-state index contributed by atoms with van der Waals surface area (Å²) in [5.41, 5.74) is 3.73. The minimum absolute atomic E-state index is 0.157. The molecule has 1 aliphatic carbocycles. The van der Waals surface area contributed by atoms with E-state index in [1.807, 2.05) is 72.7 Å². The van der Waals surface area contributed by atoms with Gasteiger partial charge >= 0.3 is 11.9 Å². The zero-order valence-electron chi connectivity index (χ0n) is 27.7. The third kappa shape index (κ3) is 8.34. The van der Waals surface area contributed by atoms with E-state index >= 15 is 0 Å². The highest BCUT2D eigenvalue weighted by Crippen LogP contribution is 2.45. The normalized spacial score (nSPS) is 13.0. The first kappa shape index (κ1) is 34.3. The van der Waals surface area contributed by atoms with Crippen LogP contribution in [0.2, 0.25) is 0 Å². The van der Waals surface area contributed by atoms with Crippen LogP contribution in [0.1, 0.15) is 78.5 Å². The molecule has 0 saturated heterocycles. The van der Waals surface area contributed by atoms with Gasteiger partial charge in [-0.05, 0) is 118 Å². The maximum absolute atomic E-state index is 12.2. The van der Waals surface area contributed by atoms with Crippen molar-refractivity contribution in [2.24, 2.45) is 10.8 Å². The zero-order chi connectivity index (χ0) is 33.5. The van der Waals surface area contributed by atoms with E-state index in [4.69, 9.17) is 24.1 Å². The number of aromatic hydroxyl groups is 1. The third-order valence-corrected chi connectivity index (χ3v) is 8.36. The van der Waals surface area contributed by atoms with Crippen molar-refractivity contribution in [2.45, 2.75) is 73.7 Å². The lowest BCUT2D eigenvalue weighted by molar-refractivity contribution is -0.144. The number of carbonyl (C=O) groups is 2. The third-order valence-electron chi connectivity index (χ3n) is 8.36. The molecule has 1 unspecified atom stereocenters. The molecule has 0 radical (unpaired) electrons. The summed E-state index contributed by atoms with van der Waals surface area (Å²) >= 11 is 0. The Labute approximate surface area is 272 Å². The summed E-state index contributed by atoms with van der Waals surface area (Å²) in [7, 11) is 0. The number of phenolic OH excluding ortho intramolecular Hbond substituents is 1. The Morgan fingerprint density at radius 1 is 0.652 bits per heavy atom. The van der Waals surface area contributed by atoms with Gasteiger partial charge in [0.15, 0.2) is 6.29 Å². The van der Waals surface area contributed by atoms with Crippen LogP contribution in [-0.2, 0) is 14.3 Å².